The number of hydrogen-bond donors (Lipinski definition) is 1. The van der Waals surface area contributed by atoms with Gasteiger partial charge in [-0.3, -0.25) is 4.79 Å². The van der Waals surface area contributed by atoms with Crippen LogP contribution in [0.25, 0.3) is 0 Å². The molecule has 1 aromatic carbocycles. The third-order valence-electron chi connectivity index (χ3n) is 2.74. The van der Waals surface area contributed by atoms with Gasteiger partial charge in [0.15, 0.2) is 6.61 Å². The highest BCUT2D eigenvalue weighted by Gasteiger charge is 2.08. The van der Waals surface area contributed by atoms with E-state index < -0.39 is 0 Å². The van der Waals surface area contributed by atoms with Gasteiger partial charge >= 0.3 is 0 Å². The Bertz CT molecular complexity index is 391. The van der Waals surface area contributed by atoms with Crippen molar-refractivity contribution in [3.63, 3.8) is 0 Å². The Morgan fingerprint density at radius 1 is 1.47 bits per heavy atom. The van der Waals surface area contributed by atoms with Crippen molar-refractivity contribution in [3.05, 3.63) is 29.3 Å². The number of ether oxygens (including phenoxy) is 1. The molecule has 0 fully saturated rings. The highest BCUT2D eigenvalue weighted by atomic mass is 16.5. The van der Waals surface area contributed by atoms with Crippen molar-refractivity contribution in [1.29, 1.82) is 0 Å². The number of carbonyl (C=O) groups excluding carboxylic acids is 1. The topological polar surface area (TPSA) is 55.6 Å². The standard InChI is InChI=1S/C13H20N2O2/c1-4-15(3)13(16)9-17-12-7-11(8-14)6-5-10(12)2/h5-7H,4,8-9,14H2,1-3H3. The van der Waals surface area contributed by atoms with Gasteiger partial charge < -0.3 is 15.4 Å². The minimum absolute atomic E-state index is 0.0231. The number of rotatable bonds is 5. The highest BCUT2D eigenvalue weighted by molar-refractivity contribution is 5.77. The van der Waals surface area contributed by atoms with Crippen LogP contribution < -0.4 is 10.5 Å². The van der Waals surface area contributed by atoms with Gasteiger partial charge in [-0.25, -0.2) is 0 Å². The number of nitrogens with zero attached hydrogens (tertiary/aromatic N) is 1. The van der Waals surface area contributed by atoms with Crippen molar-refractivity contribution in [2.45, 2.75) is 20.4 Å². The van der Waals surface area contributed by atoms with E-state index in [9.17, 15) is 4.79 Å². The first-order valence-electron chi connectivity index (χ1n) is 5.74. The summed E-state index contributed by atoms with van der Waals surface area (Å²) in [4.78, 5) is 13.2. The van der Waals surface area contributed by atoms with Crippen LogP contribution in [-0.4, -0.2) is 31.0 Å². The van der Waals surface area contributed by atoms with Crippen molar-refractivity contribution < 1.29 is 9.53 Å². The zero-order valence-electron chi connectivity index (χ0n) is 10.7. The maximum Gasteiger partial charge on any atom is 0.260 e. The molecule has 0 bridgehead atoms. The lowest BCUT2D eigenvalue weighted by atomic mass is 10.1. The quantitative estimate of drug-likeness (QED) is 0.838. The lowest BCUT2D eigenvalue weighted by molar-refractivity contribution is -0.131. The van der Waals surface area contributed by atoms with Crippen LogP contribution in [0, 0.1) is 6.92 Å². The first-order valence-corrected chi connectivity index (χ1v) is 5.74. The van der Waals surface area contributed by atoms with E-state index >= 15 is 0 Å². The van der Waals surface area contributed by atoms with Crippen LogP contribution in [-0.2, 0) is 11.3 Å². The molecule has 0 radical (unpaired) electrons. The smallest absolute Gasteiger partial charge is 0.260 e. The molecule has 1 amide bonds. The molecule has 0 spiro atoms. The zero-order chi connectivity index (χ0) is 12.8. The summed E-state index contributed by atoms with van der Waals surface area (Å²) in [7, 11) is 1.76. The average Bonchev–Trinajstić information content (AvgIpc) is 2.36. The average molecular weight is 236 g/mol. The summed E-state index contributed by atoms with van der Waals surface area (Å²) in [6.07, 6.45) is 0. The molecule has 4 heteroatoms. The fourth-order valence-corrected chi connectivity index (χ4v) is 1.35. The summed E-state index contributed by atoms with van der Waals surface area (Å²) >= 11 is 0. The Balaban J connectivity index is 2.65. The molecular formula is C13H20N2O2. The van der Waals surface area contributed by atoms with Crippen LogP contribution in [0.15, 0.2) is 18.2 Å². The van der Waals surface area contributed by atoms with Gasteiger partial charge in [-0.1, -0.05) is 12.1 Å². The molecule has 4 nitrogen and oxygen atoms in total. The second-order valence-electron chi connectivity index (χ2n) is 4.00. The van der Waals surface area contributed by atoms with Crippen LogP contribution >= 0.6 is 0 Å². The molecular weight excluding hydrogens is 216 g/mol. The van der Waals surface area contributed by atoms with Gasteiger partial charge in [0, 0.05) is 20.1 Å². The van der Waals surface area contributed by atoms with Crippen LogP contribution in [0.5, 0.6) is 5.75 Å². The third kappa shape index (κ3) is 3.75. The molecule has 1 rings (SSSR count). The van der Waals surface area contributed by atoms with Crippen molar-refractivity contribution in [3.8, 4) is 5.75 Å². The minimum atomic E-state index is -0.0231. The van der Waals surface area contributed by atoms with Gasteiger partial charge in [-0.2, -0.15) is 0 Å². The van der Waals surface area contributed by atoms with Gasteiger partial charge in [0.2, 0.25) is 0 Å². The first-order chi connectivity index (χ1) is 8.08. The summed E-state index contributed by atoms with van der Waals surface area (Å²) in [5.74, 6) is 0.704. The van der Waals surface area contributed by atoms with Crippen LogP contribution in [0.1, 0.15) is 18.1 Å². The minimum Gasteiger partial charge on any atom is -0.483 e. The van der Waals surface area contributed by atoms with Gasteiger partial charge in [-0.05, 0) is 31.0 Å². The maximum absolute atomic E-state index is 11.6. The van der Waals surface area contributed by atoms with E-state index in [0.29, 0.717) is 13.1 Å². The van der Waals surface area contributed by atoms with Crippen molar-refractivity contribution >= 4 is 5.91 Å². The molecule has 0 saturated carbocycles. The second kappa shape index (κ2) is 6.25. The third-order valence-corrected chi connectivity index (χ3v) is 2.74. The number of likely N-dealkylation sites (N-methyl/N-ethyl adjacent to an activating group) is 1. The molecule has 0 aliphatic rings. The Kier molecular flexibility index (Phi) is 4.97. The number of aryl methyl sites for hydroxylation is 1. The SMILES string of the molecule is CCN(C)C(=O)COc1cc(CN)ccc1C. The molecule has 0 aliphatic heterocycles. The molecule has 0 unspecified atom stereocenters. The van der Waals surface area contributed by atoms with Crippen LogP contribution in [0.2, 0.25) is 0 Å². The van der Waals surface area contributed by atoms with Crippen molar-refractivity contribution in [1.82, 2.24) is 4.90 Å². The Labute approximate surface area is 102 Å². The summed E-state index contributed by atoms with van der Waals surface area (Å²) < 4.78 is 5.52. The Morgan fingerprint density at radius 2 is 2.18 bits per heavy atom. The van der Waals surface area contributed by atoms with E-state index in [0.717, 1.165) is 16.9 Å². The van der Waals surface area contributed by atoms with E-state index in [4.69, 9.17) is 10.5 Å². The predicted octanol–water partition coefficient (Wildman–Crippen LogP) is 1.31. The maximum atomic E-state index is 11.6. The lowest BCUT2D eigenvalue weighted by Crippen LogP contribution is -2.31. The van der Waals surface area contributed by atoms with Gasteiger partial charge in [-0.15, -0.1) is 0 Å². The number of carbonyl (C=O) groups is 1. The molecule has 0 saturated heterocycles. The predicted molar refractivity (Wildman–Crippen MR) is 67.9 cm³/mol. The zero-order valence-corrected chi connectivity index (χ0v) is 10.7. The molecule has 0 heterocycles. The molecule has 0 aromatic heterocycles. The van der Waals surface area contributed by atoms with Gasteiger partial charge in [0.1, 0.15) is 5.75 Å². The summed E-state index contributed by atoms with van der Waals surface area (Å²) in [6.45, 7) is 5.10. The monoisotopic (exact) mass is 236 g/mol. The molecule has 1 aromatic rings. The van der Waals surface area contributed by atoms with Crippen molar-refractivity contribution in [2.75, 3.05) is 20.2 Å². The summed E-state index contributed by atoms with van der Waals surface area (Å²) in [5, 5.41) is 0. The Morgan fingerprint density at radius 3 is 2.76 bits per heavy atom. The normalized spacial score (nSPS) is 10.1. The van der Waals surface area contributed by atoms with E-state index in [1.165, 1.54) is 0 Å². The first kappa shape index (κ1) is 13.5. The fraction of sp³-hybridized carbons (Fsp3) is 0.462. The van der Waals surface area contributed by atoms with E-state index in [1.54, 1.807) is 11.9 Å². The fourth-order valence-electron chi connectivity index (χ4n) is 1.35. The second-order valence-corrected chi connectivity index (χ2v) is 4.00. The summed E-state index contributed by atoms with van der Waals surface area (Å²) in [6, 6.07) is 5.79. The molecule has 2 N–H and O–H groups in total. The number of hydrogen-bond acceptors (Lipinski definition) is 3. The van der Waals surface area contributed by atoms with Gasteiger partial charge in [0.05, 0.1) is 0 Å². The molecule has 0 atom stereocenters. The van der Waals surface area contributed by atoms with Crippen LogP contribution in [0.3, 0.4) is 0 Å². The van der Waals surface area contributed by atoms with Gasteiger partial charge in [0.25, 0.3) is 5.91 Å². The van der Waals surface area contributed by atoms with E-state index in [-0.39, 0.29) is 12.5 Å². The number of nitrogens with two attached hydrogens (primary N) is 1. The number of amides is 1. The van der Waals surface area contributed by atoms with E-state index in [1.807, 2.05) is 32.0 Å². The largest absolute Gasteiger partial charge is 0.483 e. The molecule has 94 valence electrons. The molecule has 17 heavy (non-hydrogen) atoms. The summed E-state index contributed by atoms with van der Waals surface area (Å²) in [5.41, 5.74) is 7.57. The molecule has 0 aliphatic carbocycles. The van der Waals surface area contributed by atoms with E-state index in [2.05, 4.69) is 0 Å². The Hall–Kier alpha value is -1.55. The number of benzene rings is 1. The van der Waals surface area contributed by atoms with Crippen LogP contribution in [0.4, 0.5) is 0 Å². The van der Waals surface area contributed by atoms with Crippen molar-refractivity contribution in [2.24, 2.45) is 5.73 Å². The highest BCUT2D eigenvalue weighted by Crippen LogP contribution is 2.19. The lowest BCUT2D eigenvalue weighted by Gasteiger charge is -2.16.